The van der Waals surface area contributed by atoms with Crippen LogP contribution in [0.1, 0.15) is 45.4 Å². The molecule has 0 aliphatic carbocycles. The van der Waals surface area contributed by atoms with E-state index < -0.39 is 0 Å². The van der Waals surface area contributed by atoms with Gasteiger partial charge in [0.2, 0.25) is 5.91 Å². The van der Waals surface area contributed by atoms with E-state index in [0.717, 1.165) is 45.4 Å². The van der Waals surface area contributed by atoms with Crippen molar-refractivity contribution < 1.29 is 19.1 Å². The zero-order valence-corrected chi connectivity index (χ0v) is 19.3. The molecule has 7 nitrogen and oxygen atoms in total. The van der Waals surface area contributed by atoms with E-state index >= 15 is 0 Å². The molecule has 2 fully saturated rings. The van der Waals surface area contributed by atoms with Gasteiger partial charge in [0.15, 0.2) is 0 Å². The summed E-state index contributed by atoms with van der Waals surface area (Å²) in [5.41, 5.74) is 0.689. The number of nitrogens with one attached hydrogen (secondary N) is 1. The SMILES string of the molecule is CCOC(=O)N1CCC(N2CCC[C@@H](CCC(=O)Nc3ccc(OC)c(Cl)c3)C2)CC1. The molecule has 3 rings (SSSR count). The topological polar surface area (TPSA) is 71.1 Å². The van der Waals surface area contributed by atoms with Crippen LogP contribution < -0.4 is 10.1 Å². The minimum absolute atomic E-state index is 0.0149. The molecule has 2 aliphatic rings. The van der Waals surface area contributed by atoms with Crippen molar-refractivity contribution in [1.29, 1.82) is 0 Å². The number of hydrogen-bond acceptors (Lipinski definition) is 5. The van der Waals surface area contributed by atoms with Crippen LogP contribution in [0.3, 0.4) is 0 Å². The first kappa shape index (κ1) is 23.7. The Hall–Kier alpha value is -1.99. The first-order valence-corrected chi connectivity index (χ1v) is 11.7. The number of anilines is 1. The van der Waals surface area contributed by atoms with Gasteiger partial charge in [0.25, 0.3) is 0 Å². The highest BCUT2D eigenvalue weighted by molar-refractivity contribution is 6.32. The third-order valence-electron chi connectivity index (χ3n) is 6.27. The van der Waals surface area contributed by atoms with Crippen LogP contribution in [0.25, 0.3) is 0 Å². The van der Waals surface area contributed by atoms with Crippen molar-refractivity contribution in [3.8, 4) is 5.75 Å². The van der Waals surface area contributed by atoms with Crippen LogP contribution >= 0.6 is 11.6 Å². The van der Waals surface area contributed by atoms with Crippen molar-refractivity contribution in [2.75, 3.05) is 45.2 Å². The fraction of sp³-hybridized carbons (Fsp3) is 0.652. The highest BCUT2D eigenvalue weighted by Crippen LogP contribution is 2.28. The van der Waals surface area contributed by atoms with Gasteiger partial charge in [-0.2, -0.15) is 0 Å². The molecule has 2 amide bonds. The van der Waals surface area contributed by atoms with Crippen LogP contribution in [0.15, 0.2) is 18.2 Å². The van der Waals surface area contributed by atoms with Gasteiger partial charge in [0.1, 0.15) is 5.75 Å². The molecular formula is C23H34ClN3O4. The van der Waals surface area contributed by atoms with Gasteiger partial charge in [-0.1, -0.05) is 11.6 Å². The molecule has 8 heteroatoms. The number of hydrogen-bond donors (Lipinski definition) is 1. The number of halogens is 1. The van der Waals surface area contributed by atoms with Gasteiger partial charge in [-0.3, -0.25) is 9.69 Å². The molecule has 31 heavy (non-hydrogen) atoms. The molecule has 1 aromatic carbocycles. The number of carbonyl (C=O) groups excluding carboxylic acids is 2. The quantitative estimate of drug-likeness (QED) is 0.665. The second-order valence-corrected chi connectivity index (χ2v) is 8.76. The second kappa shape index (κ2) is 11.6. The minimum atomic E-state index is -0.193. The maximum Gasteiger partial charge on any atom is 0.409 e. The highest BCUT2D eigenvalue weighted by atomic mass is 35.5. The zero-order valence-electron chi connectivity index (χ0n) is 18.6. The number of amides is 2. The average molecular weight is 452 g/mol. The number of rotatable bonds is 7. The zero-order chi connectivity index (χ0) is 22.2. The maximum absolute atomic E-state index is 12.4. The van der Waals surface area contributed by atoms with Gasteiger partial charge in [-0.25, -0.2) is 4.79 Å². The van der Waals surface area contributed by atoms with E-state index in [1.54, 1.807) is 25.3 Å². The van der Waals surface area contributed by atoms with Crippen LogP contribution in [0.4, 0.5) is 10.5 Å². The summed E-state index contributed by atoms with van der Waals surface area (Å²) >= 11 is 6.13. The molecule has 0 bridgehead atoms. The first-order chi connectivity index (χ1) is 15.0. The summed E-state index contributed by atoms with van der Waals surface area (Å²) in [6, 6.07) is 5.78. The summed E-state index contributed by atoms with van der Waals surface area (Å²) < 4.78 is 10.3. The van der Waals surface area contributed by atoms with Crippen LogP contribution in [0.2, 0.25) is 5.02 Å². The summed E-state index contributed by atoms with van der Waals surface area (Å²) in [5, 5.41) is 3.42. The third kappa shape index (κ3) is 6.74. The molecule has 0 spiro atoms. The lowest BCUT2D eigenvalue weighted by Gasteiger charge is -2.42. The summed E-state index contributed by atoms with van der Waals surface area (Å²) in [6.07, 6.45) is 5.51. The summed E-state index contributed by atoms with van der Waals surface area (Å²) in [5.74, 6) is 1.14. The van der Waals surface area contributed by atoms with E-state index in [4.69, 9.17) is 21.1 Å². The minimum Gasteiger partial charge on any atom is -0.495 e. The molecular weight excluding hydrogens is 418 g/mol. The fourth-order valence-electron chi connectivity index (χ4n) is 4.60. The third-order valence-corrected chi connectivity index (χ3v) is 6.57. The monoisotopic (exact) mass is 451 g/mol. The normalized spacial score (nSPS) is 20.4. The number of likely N-dealkylation sites (tertiary alicyclic amines) is 2. The number of piperidine rings is 2. The largest absolute Gasteiger partial charge is 0.495 e. The first-order valence-electron chi connectivity index (χ1n) is 11.3. The van der Waals surface area contributed by atoms with Gasteiger partial charge < -0.3 is 19.7 Å². The molecule has 1 N–H and O–H groups in total. The second-order valence-electron chi connectivity index (χ2n) is 8.36. The van der Waals surface area contributed by atoms with Crippen LogP contribution in [-0.2, 0) is 9.53 Å². The summed E-state index contributed by atoms with van der Waals surface area (Å²) in [4.78, 5) is 28.7. The Balaban J connectivity index is 1.41. The molecule has 1 aromatic rings. The van der Waals surface area contributed by atoms with E-state index in [9.17, 15) is 9.59 Å². The van der Waals surface area contributed by atoms with Crippen molar-refractivity contribution >= 4 is 29.3 Å². The number of nitrogens with zero attached hydrogens (tertiary/aromatic N) is 2. The summed E-state index contributed by atoms with van der Waals surface area (Å²) in [7, 11) is 1.57. The van der Waals surface area contributed by atoms with Gasteiger partial charge in [-0.15, -0.1) is 0 Å². The van der Waals surface area contributed by atoms with Crippen molar-refractivity contribution in [2.45, 2.75) is 51.5 Å². The Morgan fingerprint density at radius 1 is 1.19 bits per heavy atom. The number of benzene rings is 1. The molecule has 2 saturated heterocycles. The lowest BCUT2D eigenvalue weighted by atomic mass is 9.90. The summed E-state index contributed by atoms with van der Waals surface area (Å²) in [6.45, 7) is 5.93. The smallest absolute Gasteiger partial charge is 0.409 e. The molecule has 2 heterocycles. The Morgan fingerprint density at radius 3 is 2.65 bits per heavy atom. The maximum atomic E-state index is 12.4. The van der Waals surface area contributed by atoms with Crippen molar-refractivity contribution in [3.05, 3.63) is 23.2 Å². The molecule has 1 atom stereocenters. The van der Waals surface area contributed by atoms with E-state index in [1.807, 2.05) is 11.8 Å². The van der Waals surface area contributed by atoms with Crippen LogP contribution in [-0.4, -0.2) is 67.7 Å². The lowest BCUT2D eigenvalue weighted by Crippen LogP contribution is -2.49. The highest BCUT2D eigenvalue weighted by Gasteiger charge is 2.30. The standard InChI is InChI=1S/C23H34ClN3O4/c1-3-31-23(29)26-13-10-19(11-14-26)27-12-4-5-17(16-27)6-9-22(28)25-18-7-8-21(30-2)20(24)15-18/h7-8,15,17,19H,3-6,9-14,16H2,1-2H3,(H,25,28)/t17-/m0/s1. The molecule has 172 valence electrons. The van der Waals surface area contributed by atoms with E-state index in [1.165, 1.54) is 12.8 Å². The van der Waals surface area contributed by atoms with Crippen molar-refractivity contribution in [1.82, 2.24) is 9.80 Å². The van der Waals surface area contributed by atoms with E-state index in [-0.39, 0.29) is 12.0 Å². The lowest BCUT2D eigenvalue weighted by molar-refractivity contribution is -0.116. The van der Waals surface area contributed by atoms with Gasteiger partial charge in [0, 0.05) is 37.8 Å². The Labute approximate surface area is 190 Å². The van der Waals surface area contributed by atoms with Gasteiger partial charge >= 0.3 is 6.09 Å². The molecule has 2 aliphatic heterocycles. The number of carbonyl (C=O) groups is 2. The molecule has 0 aromatic heterocycles. The van der Waals surface area contributed by atoms with Gasteiger partial charge in [-0.05, 0) is 69.7 Å². The van der Waals surface area contributed by atoms with Crippen molar-refractivity contribution in [2.24, 2.45) is 5.92 Å². The number of methoxy groups -OCH3 is 1. The van der Waals surface area contributed by atoms with E-state index in [2.05, 4.69) is 10.2 Å². The average Bonchev–Trinajstić information content (AvgIpc) is 2.78. The fourth-order valence-corrected chi connectivity index (χ4v) is 4.85. The van der Waals surface area contributed by atoms with Crippen LogP contribution in [0.5, 0.6) is 5.75 Å². The Morgan fingerprint density at radius 2 is 1.97 bits per heavy atom. The molecule has 0 saturated carbocycles. The van der Waals surface area contributed by atoms with Gasteiger partial charge in [0.05, 0.1) is 18.7 Å². The molecule has 0 radical (unpaired) electrons. The van der Waals surface area contributed by atoms with Crippen molar-refractivity contribution in [3.63, 3.8) is 0 Å². The Kier molecular flexibility index (Phi) is 8.84. The predicted octanol–water partition coefficient (Wildman–Crippen LogP) is 4.40. The van der Waals surface area contributed by atoms with Crippen LogP contribution in [0, 0.1) is 5.92 Å². The van der Waals surface area contributed by atoms with E-state index in [0.29, 0.717) is 41.4 Å². The molecule has 0 unspecified atom stereocenters. The Bertz CT molecular complexity index is 752. The predicted molar refractivity (Wildman–Crippen MR) is 122 cm³/mol. The number of ether oxygens (including phenoxy) is 2.